The molecular weight excluding hydrogens is 172 g/mol. The molecule has 2 nitrogen and oxygen atoms in total. The summed E-state index contributed by atoms with van der Waals surface area (Å²) in [4.78, 5) is 4.59. The molecule has 2 heteroatoms. The van der Waals surface area contributed by atoms with Crippen LogP contribution < -0.4 is 5.32 Å². The van der Waals surface area contributed by atoms with Crippen LogP contribution in [0, 0.1) is 17.3 Å². The van der Waals surface area contributed by atoms with Gasteiger partial charge in [0.15, 0.2) is 0 Å². The third-order valence-corrected chi connectivity index (χ3v) is 3.23. The van der Waals surface area contributed by atoms with Gasteiger partial charge in [0.25, 0.3) is 0 Å². The number of hydrogen-bond donors (Lipinski definition) is 1. The topological polar surface area (TPSA) is 24.4 Å². The van der Waals surface area contributed by atoms with Crippen LogP contribution in [0.3, 0.4) is 0 Å². The molecule has 0 saturated heterocycles. The van der Waals surface area contributed by atoms with Crippen molar-refractivity contribution in [3.05, 3.63) is 11.8 Å². The van der Waals surface area contributed by atoms with E-state index in [0.717, 1.165) is 0 Å². The van der Waals surface area contributed by atoms with Crippen molar-refractivity contribution in [2.24, 2.45) is 22.2 Å². The summed E-state index contributed by atoms with van der Waals surface area (Å²) in [5, 5.41) is 3.37. The molecule has 2 heterocycles. The van der Waals surface area contributed by atoms with Gasteiger partial charge < -0.3 is 5.32 Å². The van der Waals surface area contributed by atoms with Gasteiger partial charge in [0.05, 0.1) is 0 Å². The highest BCUT2D eigenvalue weighted by Gasteiger charge is 2.37. The van der Waals surface area contributed by atoms with Crippen LogP contribution in [0.1, 0.15) is 34.1 Å². The molecule has 1 N–H and O–H groups in total. The van der Waals surface area contributed by atoms with Crippen LogP contribution in [0.15, 0.2) is 16.8 Å². The van der Waals surface area contributed by atoms with Crippen molar-refractivity contribution in [2.45, 2.75) is 40.3 Å². The Morgan fingerprint density at radius 3 is 2.86 bits per heavy atom. The van der Waals surface area contributed by atoms with Gasteiger partial charge in [-0.25, -0.2) is 0 Å². The largest absolute Gasteiger partial charge is 0.369 e. The average molecular weight is 192 g/mol. The van der Waals surface area contributed by atoms with E-state index in [1.807, 2.05) is 0 Å². The maximum atomic E-state index is 4.59. The van der Waals surface area contributed by atoms with Gasteiger partial charge in [-0.2, -0.15) is 0 Å². The standard InChI is InChI=1S/C12H20N2/c1-8(2)10-6-13-11-9(10)5-12(3,4)7-14-11/h6-9,11,13H,5H2,1-4H3. The van der Waals surface area contributed by atoms with Crippen LogP contribution in [0.25, 0.3) is 0 Å². The van der Waals surface area contributed by atoms with Gasteiger partial charge in [0.1, 0.15) is 6.17 Å². The summed E-state index contributed by atoms with van der Waals surface area (Å²) >= 11 is 0. The molecule has 0 aliphatic carbocycles. The molecule has 0 aromatic rings. The lowest BCUT2D eigenvalue weighted by Gasteiger charge is -2.33. The fourth-order valence-corrected chi connectivity index (χ4v) is 2.46. The third-order valence-electron chi connectivity index (χ3n) is 3.23. The zero-order valence-electron chi connectivity index (χ0n) is 9.54. The second-order valence-corrected chi connectivity index (χ2v) is 5.49. The van der Waals surface area contributed by atoms with Crippen molar-refractivity contribution >= 4 is 6.21 Å². The van der Waals surface area contributed by atoms with E-state index in [2.05, 4.69) is 50.4 Å². The predicted molar refractivity (Wildman–Crippen MR) is 60.2 cm³/mol. The second kappa shape index (κ2) is 3.11. The molecular formula is C12H20N2. The highest BCUT2D eigenvalue weighted by atomic mass is 15.1. The lowest BCUT2D eigenvalue weighted by Crippen LogP contribution is -2.35. The van der Waals surface area contributed by atoms with E-state index in [4.69, 9.17) is 0 Å². The van der Waals surface area contributed by atoms with Crippen LogP contribution in [0.2, 0.25) is 0 Å². The smallest absolute Gasteiger partial charge is 0.124 e. The Morgan fingerprint density at radius 2 is 2.21 bits per heavy atom. The van der Waals surface area contributed by atoms with Crippen LogP contribution in [0.4, 0.5) is 0 Å². The summed E-state index contributed by atoms with van der Waals surface area (Å²) in [7, 11) is 0. The van der Waals surface area contributed by atoms with Gasteiger partial charge in [-0.1, -0.05) is 27.7 Å². The van der Waals surface area contributed by atoms with Crippen molar-refractivity contribution in [1.29, 1.82) is 0 Å². The predicted octanol–water partition coefficient (Wildman–Crippen LogP) is 2.57. The molecule has 2 rings (SSSR count). The van der Waals surface area contributed by atoms with Gasteiger partial charge in [-0.15, -0.1) is 0 Å². The second-order valence-electron chi connectivity index (χ2n) is 5.49. The molecule has 0 saturated carbocycles. The minimum atomic E-state index is 0.265. The van der Waals surface area contributed by atoms with Crippen LogP contribution in [0.5, 0.6) is 0 Å². The fraction of sp³-hybridized carbons (Fsp3) is 0.750. The number of aliphatic imine (C=N–C) groups is 1. The SMILES string of the molecule is CC(C)C1=CNC2N=CC(C)(C)CC12. The first-order valence-corrected chi connectivity index (χ1v) is 5.50. The molecule has 0 spiro atoms. The zero-order chi connectivity index (χ0) is 10.3. The van der Waals surface area contributed by atoms with Crippen molar-refractivity contribution in [1.82, 2.24) is 5.32 Å². The van der Waals surface area contributed by atoms with Crippen molar-refractivity contribution < 1.29 is 0 Å². The number of nitrogens with zero attached hydrogens (tertiary/aromatic N) is 1. The lowest BCUT2D eigenvalue weighted by molar-refractivity contribution is 0.317. The van der Waals surface area contributed by atoms with Gasteiger partial charge in [-0.05, 0) is 24.1 Å². The molecule has 0 radical (unpaired) electrons. The Bertz CT molecular complexity index is 287. The van der Waals surface area contributed by atoms with E-state index >= 15 is 0 Å². The highest BCUT2D eigenvalue weighted by Crippen LogP contribution is 2.39. The number of fused-ring (bicyclic) bond motifs is 1. The summed E-state index contributed by atoms with van der Waals surface area (Å²) < 4.78 is 0. The zero-order valence-corrected chi connectivity index (χ0v) is 9.54. The molecule has 0 aromatic heterocycles. The first-order valence-electron chi connectivity index (χ1n) is 5.50. The van der Waals surface area contributed by atoms with E-state index in [0.29, 0.717) is 18.0 Å². The summed E-state index contributed by atoms with van der Waals surface area (Å²) in [5.41, 5.74) is 1.81. The van der Waals surface area contributed by atoms with E-state index in [9.17, 15) is 0 Å². The first kappa shape index (κ1) is 9.75. The normalized spacial score (nSPS) is 33.9. The average Bonchev–Trinajstić information content (AvgIpc) is 2.44. The van der Waals surface area contributed by atoms with Gasteiger partial charge in [-0.3, -0.25) is 4.99 Å². The molecule has 2 unspecified atom stereocenters. The van der Waals surface area contributed by atoms with Crippen molar-refractivity contribution in [2.75, 3.05) is 0 Å². The third kappa shape index (κ3) is 1.58. The minimum absolute atomic E-state index is 0.265. The monoisotopic (exact) mass is 192 g/mol. The maximum absolute atomic E-state index is 4.59. The summed E-state index contributed by atoms with van der Waals surface area (Å²) in [6, 6.07) is 0. The molecule has 0 fully saturated rings. The van der Waals surface area contributed by atoms with Crippen LogP contribution in [-0.4, -0.2) is 12.4 Å². The fourth-order valence-electron chi connectivity index (χ4n) is 2.46. The molecule has 2 atom stereocenters. The van der Waals surface area contributed by atoms with E-state index in [-0.39, 0.29) is 5.41 Å². The van der Waals surface area contributed by atoms with Crippen molar-refractivity contribution in [3.8, 4) is 0 Å². The summed E-state index contributed by atoms with van der Waals surface area (Å²) in [6.45, 7) is 9.06. The highest BCUT2D eigenvalue weighted by molar-refractivity contribution is 5.66. The Morgan fingerprint density at radius 1 is 1.50 bits per heavy atom. The first-order chi connectivity index (χ1) is 6.49. The Kier molecular flexibility index (Phi) is 2.17. The Labute approximate surface area is 86.5 Å². The Hall–Kier alpha value is -0.790. The molecule has 2 aliphatic heterocycles. The molecule has 0 bridgehead atoms. The van der Waals surface area contributed by atoms with Gasteiger partial charge >= 0.3 is 0 Å². The number of nitrogens with one attached hydrogen (secondary N) is 1. The van der Waals surface area contributed by atoms with Crippen LogP contribution in [-0.2, 0) is 0 Å². The van der Waals surface area contributed by atoms with E-state index in [1.165, 1.54) is 6.42 Å². The summed E-state index contributed by atoms with van der Waals surface area (Å²) in [6.07, 6.45) is 5.83. The molecule has 14 heavy (non-hydrogen) atoms. The quantitative estimate of drug-likeness (QED) is 0.678. The molecule has 0 amide bonds. The molecule has 78 valence electrons. The van der Waals surface area contributed by atoms with E-state index in [1.54, 1.807) is 5.57 Å². The molecule has 2 aliphatic rings. The minimum Gasteiger partial charge on any atom is -0.369 e. The number of rotatable bonds is 1. The van der Waals surface area contributed by atoms with Gasteiger partial charge in [0.2, 0.25) is 0 Å². The molecule has 0 aromatic carbocycles. The lowest BCUT2D eigenvalue weighted by atomic mass is 9.76. The summed E-state index contributed by atoms with van der Waals surface area (Å²) in [5.74, 6) is 1.26. The number of hydrogen-bond acceptors (Lipinski definition) is 2. The maximum Gasteiger partial charge on any atom is 0.124 e. The Balaban J connectivity index is 2.21. The van der Waals surface area contributed by atoms with Gasteiger partial charge in [0, 0.05) is 17.5 Å². The van der Waals surface area contributed by atoms with Crippen LogP contribution >= 0.6 is 0 Å². The van der Waals surface area contributed by atoms with Crippen molar-refractivity contribution in [3.63, 3.8) is 0 Å². The van der Waals surface area contributed by atoms with E-state index < -0.39 is 0 Å².